The number of methoxy groups -OCH3 is 1. The lowest BCUT2D eigenvalue weighted by Crippen LogP contribution is -2.03. The van der Waals surface area contributed by atoms with Gasteiger partial charge in [-0.15, -0.1) is 5.10 Å². The Balaban J connectivity index is 1.79. The molecular weight excluding hydrogens is 290 g/mol. The number of anilines is 1. The van der Waals surface area contributed by atoms with E-state index < -0.39 is 0 Å². The number of fused-ring (bicyclic) bond motifs is 1. The van der Waals surface area contributed by atoms with Gasteiger partial charge in [0.1, 0.15) is 0 Å². The summed E-state index contributed by atoms with van der Waals surface area (Å²) in [6.45, 7) is 0.868. The van der Waals surface area contributed by atoms with Crippen molar-refractivity contribution >= 4 is 21.4 Å². The Kier molecular flexibility index (Phi) is 3.98. The molecule has 8 heteroatoms. The highest BCUT2D eigenvalue weighted by Crippen LogP contribution is 2.24. The number of aromatic nitrogens is 4. The normalized spacial score (nSPS) is 11.0. The van der Waals surface area contributed by atoms with Gasteiger partial charge < -0.3 is 15.2 Å². The summed E-state index contributed by atoms with van der Waals surface area (Å²) < 4.78 is 6.78. The first-order valence-electron chi connectivity index (χ1n) is 6.51. The van der Waals surface area contributed by atoms with Gasteiger partial charge in [-0.25, -0.2) is 14.5 Å². The van der Waals surface area contributed by atoms with E-state index in [1.165, 1.54) is 11.3 Å². The Morgan fingerprint density at radius 3 is 3.00 bits per heavy atom. The van der Waals surface area contributed by atoms with E-state index in [1.54, 1.807) is 23.9 Å². The molecule has 0 atom stereocenters. The van der Waals surface area contributed by atoms with E-state index in [2.05, 4.69) is 20.4 Å². The molecule has 0 amide bonds. The van der Waals surface area contributed by atoms with Crippen molar-refractivity contribution in [2.75, 3.05) is 25.6 Å². The molecule has 0 aromatic carbocycles. The van der Waals surface area contributed by atoms with Crippen molar-refractivity contribution in [3.8, 4) is 17.1 Å². The van der Waals surface area contributed by atoms with Gasteiger partial charge in [0.25, 0.3) is 0 Å². The third-order valence-electron chi connectivity index (χ3n) is 2.90. The number of ether oxygens (including phenoxy) is 1. The van der Waals surface area contributed by atoms with Gasteiger partial charge in [-0.3, -0.25) is 0 Å². The second-order valence-electron chi connectivity index (χ2n) is 4.35. The van der Waals surface area contributed by atoms with Crippen LogP contribution in [0.3, 0.4) is 0 Å². The van der Waals surface area contributed by atoms with E-state index in [4.69, 9.17) is 9.84 Å². The molecule has 3 aromatic heterocycles. The molecule has 0 radical (unpaired) electrons. The number of hydrogen-bond acceptors (Lipinski definition) is 7. The van der Waals surface area contributed by atoms with Crippen molar-refractivity contribution in [1.82, 2.24) is 19.6 Å². The van der Waals surface area contributed by atoms with Crippen LogP contribution < -0.4 is 10.1 Å². The zero-order chi connectivity index (χ0) is 14.7. The summed E-state index contributed by atoms with van der Waals surface area (Å²) in [6, 6.07) is 3.72. The van der Waals surface area contributed by atoms with Gasteiger partial charge in [0, 0.05) is 31.0 Å². The van der Waals surface area contributed by atoms with Crippen molar-refractivity contribution in [3.05, 3.63) is 24.5 Å². The Morgan fingerprint density at radius 1 is 1.43 bits per heavy atom. The number of hydrogen-bond donors (Lipinski definition) is 2. The fourth-order valence-corrected chi connectivity index (χ4v) is 2.64. The van der Waals surface area contributed by atoms with Gasteiger partial charge in [-0.05, 0) is 12.5 Å². The number of imidazole rings is 1. The summed E-state index contributed by atoms with van der Waals surface area (Å²) in [5.41, 5.74) is 1.74. The molecule has 0 unspecified atom stereocenters. The first-order valence-corrected chi connectivity index (χ1v) is 7.33. The van der Waals surface area contributed by atoms with Crippen LogP contribution in [0.25, 0.3) is 16.2 Å². The molecule has 0 spiro atoms. The molecule has 0 bridgehead atoms. The standard InChI is InChI=1S/C13H15N5O2S/c1-20-11-4-3-9(7-15-11)10-8-18-13(16-10)21-12(17-18)14-5-2-6-19/h3-4,7-8,19H,2,5-6H2,1H3,(H,14,17). The van der Waals surface area contributed by atoms with Crippen molar-refractivity contribution in [2.45, 2.75) is 6.42 Å². The van der Waals surface area contributed by atoms with E-state index in [0.29, 0.717) is 18.8 Å². The summed E-state index contributed by atoms with van der Waals surface area (Å²) in [5, 5.41) is 17.1. The van der Waals surface area contributed by atoms with Crippen molar-refractivity contribution in [1.29, 1.82) is 0 Å². The van der Waals surface area contributed by atoms with Crippen molar-refractivity contribution in [3.63, 3.8) is 0 Å². The van der Waals surface area contributed by atoms with E-state index >= 15 is 0 Å². The van der Waals surface area contributed by atoms with Gasteiger partial charge >= 0.3 is 0 Å². The quantitative estimate of drug-likeness (QED) is 0.674. The lowest BCUT2D eigenvalue weighted by Gasteiger charge is -1.99. The summed E-state index contributed by atoms with van der Waals surface area (Å²) in [6.07, 6.45) is 4.29. The molecular formula is C13H15N5O2S. The van der Waals surface area contributed by atoms with Crippen LogP contribution >= 0.6 is 11.3 Å². The number of aliphatic hydroxyl groups excluding tert-OH is 1. The highest BCUT2D eigenvalue weighted by Gasteiger charge is 2.09. The van der Waals surface area contributed by atoms with Crippen LogP contribution in [-0.4, -0.2) is 45.0 Å². The summed E-state index contributed by atoms with van der Waals surface area (Å²) in [7, 11) is 1.59. The predicted molar refractivity (Wildman–Crippen MR) is 80.8 cm³/mol. The zero-order valence-corrected chi connectivity index (χ0v) is 12.3. The first kappa shape index (κ1) is 13.8. The second-order valence-corrected chi connectivity index (χ2v) is 5.31. The van der Waals surface area contributed by atoms with E-state index in [1.807, 2.05) is 12.3 Å². The lowest BCUT2D eigenvalue weighted by atomic mass is 10.2. The van der Waals surface area contributed by atoms with E-state index in [0.717, 1.165) is 21.3 Å². The summed E-state index contributed by atoms with van der Waals surface area (Å²) in [5.74, 6) is 0.577. The number of nitrogens with zero attached hydrogens (tertiary/aromatic N) is 4. The van der Waals surface area contributed by atoms with Gasteiger partial charge in [0.05, 0.1) is 19.0 Å². The molecule has 0 saturated heterocycles. The molecule has 21 heavy (non-hydrogen) atoms. The van der Waals surface area contributed by atoms with E-state index in [-0.39, 0.29) is 6.61 Å². The lowest BCUT2D eigenvalue weighted by molar-refractivity contribution is 0.292. The Labute approximate surface area is 125 Å². The van der Waals surface area contributed by atoms with Crippen molar-refractivity contribution < 1.29 is 9.84 Å². The summed E-state index contributed by atoms with van der Waals surface area (Å²) in [4.78, 5) is 9.52. The Hall–Kier alpha value is -2.19. The van der Waals surface area contributed by atoms with Crippen LogP contribution in [-0.2, 0) is 0 Å². The molecule has 2 N–H and O–H groups in total. The number of rotatable bonds is 6. The largest absolute Gasteiger partial charge is 0.481 e. The maximum atomic E-state index is 8.75. The molecule has 3 heterocycles. The minimum Gasteiger partial charge on any atom is -0.481 e. The number of nitrogens with one attached hydrogen (secondary N) is 1. The third kappa shape index (κ3) is 2.96. The molecule has 0 aliphatic heterocycles. The second kappa shape index (κ2) is 6.06. The van der Waals surface area contributed by atoms with Gasteiger partial charge in [-0.1, -0.05) is 11.3 Å². The molecule has 0 fully saturated rings. The van der Waals surface area contributed by atoms with E-state index in [9.17, 15) is 0 Å². The SMILES string of the molecule is COc1ccc(-c2cn3nc(NCCCO)sc3n2)cn1. The highest BCUT2D eigenvalue weighted by atomic mass is 32.1. The molecule has 110 valence electrons. The van der Waals surface area contributed by atoms with Crippen LogP contribution in [0.4, 0.5) is 5.13 Å². The number of aliphatic hydroxyl groups is 1. The van der Waals surface area contributed by atoms with Crippen molar-refractivity contribution in [2.24, 2.45) is 0 Å². The van der Waals surface area contributed by atoms with Crippen LogP contribution in [0.5, 0.6) is 5.88 Å². The van der Waals surface area contributed by atoms with Crippen LogP contribution in [0.1, 0.15) is 6.42 Å². The summed E-state index contributed by atoms with van der Waals surface area (Å²) >= 11 is 1.47. The van der Waals surface area contributed by atoms with Crippen LogP contribution in [0, 0.1) is 0 Å². The minimum atomic E-state index is 0.171. The Morgan fingerprint density at radius 2 is 2.33 bits per heavy atom. The zero-order valence-electron chi connectivity index (χ0n) is 11.5. The molecule has 3 rings (SSSR count). The number of pyridine rings is 1. The first-order chi connectivity index (χ1) is 10.3. The predicted octanol–water partition coefficient (Wildman–Crippen LogP) is 1.66. The molecule has 0 aliphatic carbocycles. The molecule has 0 aliphatic rings. The smallest absolute Gasteiger partial charge is 0.214 e. The Bertz CT molecular complexity index is 690. The average Bonchev–Trinajstić information content (AvgIpc) is 3.06. The maximum Gasteiger partial charge on any atom is 0.214 e. The topological polar surface area (TPSA) is 84.6 Å². The minimum absolute atomic E-state index is 0.171. The van der Waals surface area contributed by atoms with Crippen LogP contribution in [0.15, 0.2) is 24.5 Å². The highest BCUT2D eigenvalue weighted by molar-refractivity contribution is 7.20. The van der Waals surface area contributed by atoms with Gasteiger partial charge in [0.15, 0.2) is 0 Å². The maximum absolute atomic E-state index is 8.75. The average molecular weight is 305 g/mol. The molecule has 0 saturated carbocycles. The fraction of sp³-hybridized carbons (Fsp3) is 0.308. The monoisotopic (exact) mass is 305 g/mol. The van der Waals surface area contributed by atoms with Gasteiger partial charge in [0.2, 0.25) is 16.0 Å². The molecule has 3 aromatic rings. The fourth-order valence-electron chi connectivity index (χ4n) is 1.84. The van der Waals surface area contributed by atoms with Crippen LogP contribution in [0.2, 0.25) is 0 Å². The third-order valence-corrected chi connectivity index (χ3v) is 3.78. The molecule has 7 nitrogen and oxygen atoms in total. The van der Waals surface area contributed by atoms with Gasteiger partial charge in [-0.2, -0.15) is 0 Å².